The highest BCUT2D eigenvalue weighted by molar-refractivity contribution is 9.10. The summed E-state index contributed by atoms with van der Waals surface area (Å²) in [5.74, 6) is 0. The average Bonchev–Trinajstić information content (AvgIpc) is 2.44. The quantitative estimate of drug-likeness (QED) is 0.646. The molecule has 2 heteroatoms. The van der Waals surface area contributed by atoms with E-state index in [1.807, 2.05) is 0 Å². The number of rotatable bonds is 2. The highest BCUT2D eigenvalue weighted by Gasteiger charge is 2.09. The molecule has 1 aromatic rings. The molecule has 1 N–H and O–H groups in total. The monoisotopic (exact) mass is 337 g/mol. The van der Waals surface area contributed by atoms with Crippen molar-refractivity contribution in [2.75, 3.05) is 5.32 Å². The third-order valence-electron chi connectivity index (χ3n) is 4.32. The summed E-state index contributed by atoms with van der Waals surface area (Å²) < 4.78 is 1.15. The number of benzene rings is 1. The Morgan fingerprint density at radius 3 is 1.65 bits per heavy atom. The van der Waals surface area contributed by atoms with E-state index >= 15 is 0 Å². The average molecular weight is 338 g/mol. The Morgan fingerprint density at radius 2 is 1.15 bits per heavy atom. The Labute approximate surface area is 132 Å². The summed E-state index contributed by atoms with van der Waals surface area (Å²) in [4.78, 5) is 0. The lowest BCUT2D eigenvalue weighted by Gasteiger charge is -2.20. The van der Waals surface area contributed by atoms with E-state index in [-0.39, 0.29) is 0 Å². The first kappa shape index (κ1) is 15.9. The molecule has 0 heterocycles. The minimum Gasteiger partial charge on any atom is -0.382 e. The third-order valence-corrected chi connectivity index (χ3v) is 4.85. The van der Waals surface area contributed by atoms with Gasteiger partial charge in [-0.15, -0.1) is 0 Å². The minimum absolute atomic E-state index is 0.663. The molecule has 20 heavy (non-hydrogen) atoms. The van der Waals surface area contributed by atoms with Crippen molar-refractivity contribution in [3.63, 3.8) is 0 Å². The molecule has 1 saturated carbocycles. The molecule has 0 spiro atoms. The second kappa shape index (κ2) is 9.44. The molecule has 1 aliphatic carbocycles. The van der Waals surface area contributed by atoms with E-state index in [0.29, 0.717) is 6.04 Å². The van der Waals surface area contributed by atoms with Crippen LogP contribution in [0.15, 0.2) is 28.7 Å². The van der Waals surface area contributed by atoms with Gasteiger partial charge >= 0.3 is 0 Å². The topological polar surface area (TPSA) is 12.0 Å². The van der Waals surface area contributed by atoms with Gasteiger partial charge in [0.1, 0.15) is 0 Å². The van der Waals surface area contributed by atoms with E-state index in [2.05, 4.69) is 45.5 Å². The van der Waals surface area contributed by atoms with Crippen molar-refractivity contribution >= 4 is 21.6 Å². The molecule has 0 bridgehead atoms. The second-order valence-electron chi connectivity index (χ2n) is 6.11. The minimum atomic E-state index is 0.663. The summed E-state index contributed by atoms with van der Waals surface area (Å²) >= 11 is 3.50. The Morgan fingerprint density at radius 1 is 0.700 bits per heavy atom. The van der Waals surface area contributed by atoms with Crippen molar-refractivity contribution in [3.05, 3.63) is 28.7 Å². The van der Waals surface area contributed by atoms with Crippen LogP contribution in [-0.2, 0) is 0 Å². The van der Waals surface area contributed by atoms with Crippen LogP contribution in [0.5, 0.6) is 0 Å². The number of hydrogen-bond acceptors (Lipinski definition) is 1. The zero-order valence-electron chi connectivity index (χ0n) is 12.5. The van der Waals surface area contributed by atoms with Crippen LogP contribution in [0.4, 0.5) is 5.69 Å². The lowest BCUT2D eigenvalue weighted by Crippen LogP contribution is -2.19. The van der Waals surface area contributed by atoms with Gasteiger partial charge < -0.3 is 5.32 Å². The van der Waals surface area contributed by atoms with Crippen molar-refractivity contribution in [2.24, 2.45) is 0 Å². The molecule has 0 aliphatic heterocycles. The van der Waals surface area contributed by atoms with Gasteiger partial charge in [0.05, 0.1) is 0 Å². The maximum Gasteiger partial charge on any atom is 0.0343 e. The zero-order valence-corrected chi connectivity index (χ0v) is 14.1. The Hall–Kier alpha value is -0.500. The molecule has 0 aromatic heterocycles. The van der Waals surface area contributed by atoms with Crippen LogP contribution in [0.3, 0.4) is 0 Å². The number of hydrogen-bond donors (Lipinski definition) is 1. The normalized spacial score (nSPS) is 19.9. The predicted octanol–water partition coefficient (Wildman–Crippen LogP) is 6.53. The standard InChI is InChI=1S/C18H28BrN/c19-16-12-14-18(15-13-16)20-17-10-8-6-4-2-1-3-5-7-9-11-17/h12-15,17,20H,1-11H2. The van der Waals surface area contributed by atoms with E-state index in [1.54, 1.807) is 0 Å². The second-order valence-corrected chi connectivity index (χ2v) is 7.02. The van der Waals surface area contributed by atoms with E-state index in [0.717, 1.165) is 4.47 Å². The third kappa shape index (κ3) is 6.30. The first-order chi connectivity index (χ1) is 9.84. The maximum atomic E-state index is 3.74. The molecule has 2 rings (SSSR count). The Balaban J connectivity index is 1.83. The van der Waals surface area contributed by atoms with Crippen molar-refractivity contribution < 1.29 is 0 Å². The molecule has 1 nitrogen and oxygen atoms in total. The molecular formula is C18H28BrN. The predicted molar refractivity (Wildman–Crippen MR) is 92.3 cm³/mol. The fourth-order valence-electron chi connectivity index (χ4n) is 3.09. The lowest BCUT2D eigenvalue weighted by atomic mass is 9.98. The number of anilines is 1. The van der Waals surface area contributed by atoms with E-state index < -0.39 is 0 Å². The summed E-state index contributed by atoms with van der Waals surface area (Å²) in [6, 6.07) is 9.27. The molecule has 1 aliphatic rings. The molecule has 0 saturated heterocycles. The summed E-state index contributed by atoms with van der Waals surface area (Å²) in [7, 11) is 0. The van der Waals surface area contributed by atoms with Gasteiger partial charge in [0.15, 0.2) is 0 Å². The van der Waals surface area contributed by atoms with Gasteiger partial charge in [0.2, 0.25) is 0 Å². The van der Waals surface area contributed by atoms with Gasteiger partial charge in [-0.2, -0.15) is 0 Å². The summed E-state index contributed by atoms with van der Waals surface area (Å²) in [6.07, 6.45) is 15.5. The first-order valence-electron chi connectivity index (χ1n) is 8.37. The van der Waals surface area contributed by atoms with E-state index in [4.69, 9.17) is 0 Å². The number of halogens is 1. The summed E-state index contributed by atoms with van der Waals surface area (Å²) in [5, 5.41) is 3.74. The smallest absolute Gasteiger partial charge is 0.0343 e. The first-order valence-corrected chi connectivity index (χ1v) is 9.16. The molecule has 0 radical (unpaired) electrons. The van der Waals surface area contributed by atoms with Crippen LogP contribution in [0.25, 0.3) is 0 Å². The fourth-order valence-corrected chi connectivity index (χ4v) is 3.35. The van der Waals surface area contributed by atoms with Gasteiger partial charge in [-0.3, -0.25) is 0 Å². The molecule has 1 fully saturated rings. The molecule has 1 aromatic carbocycles. The molecule has 0 atom stereocenters. The van der Waals surface area contributed by atoms with Crippen molar-refractivity contribution in [2.45, 2.75) is 76.7 Å². The largest absolute Gasteiger partial charge is 0.382 e. The molecular weight excluding hydrogens is 310 g/mol. The van der Waals surface area contributed by atoms with Crippen LogP contribution >= 0.6 is 15.9 Å². The highest BCUT2D eigenvalue weighted by atomic mass is 79.9. The van der Waals surface area contributed by atoms with Gasteiger partial charge in [-0.25, -0.2) is 0 Å². The molecule has 0 unspecified atom stereocenters. The van der Waals surface area contributed by atoms with Crippen molar-refractivity contribution in [1.82, 2.24) is 0 Å². The van der Waals surface area contributed by atoms with Gasteiger partial charge in [-0.05, 0) is 37.1 Å². The SMILES string of the molecule is Brc1ccc(NC2CCCCCCCCCCC2)cc1. The fraction of sp³-hybridized carbons (Fsp3) is 0.667. The van der Waals surface area contributed by atoms with Crippen LogP contribution in [-0.4, -0.2) is 6.04 Å². The Kier molecular flexibility index (Phi) is 7.49. The molecule has 112 valence electrons. The van der Waals surface area contributed by atoms with Crippen LogP contribution in [0.1, 0.15) is 70.6 Å². The highest BCUT2D eigenvalue weighted by Crippen LogP contribution is 2.21. The van der Waals surface area contributed by atoms with Crippen LogP contribution in [0.2, 0.25) is 0 Å². The van der Waals surface area contributed by atoms with Crippen molar-refractivity contribution in [3.8, 4) is 0 Å². The van der Waals surface area contributed by atoms with E-state index in [9.17, 15) is 0 Å². The Bertz CT molecular complexity index is 348. The van der Waals surface area contributed by atoms with E-state index in [1.165, 1.54) is 76.3 Å². The van der Waals surface area contributed by atoms with Gasteiger partial charge in [0.25, 0.3) is 0 Å². The van der Waals surface area contributed by atoms with Gasteiger partial charge in [-0.1, -0.05) is 73.7 Å². The zero-order chi connectivity index (χ0) is 14.0. The lowest BCUT2D eigenvalue weighted by molar-refractivity contribution is 0.480. The van der Waals surface area contributed by atoms with Crippen LogP contribution < -0.4 is 5.32 Å². The van der Waals surface area contributed by atoms with Crippen molar-refractivity contribution in [1.29, 1.82) is 0 Å². The summed E-state index contributed by atoms with van der Waals surface area (Å²) in [5.41, 5.74) is 1.27. The molecule has 0 amide bonds. The van der Waals surface area contributed by atoms with Crippen LogP contribution in [0, 0.1) is 0 Å². The van der Waals surface area contributed by atoms with Gasteiger partial charge in [0, 0.05) is 16.2 Å². The summed E-state index contributed by atoms with van der Waals surface area (Å²) in [6.45, 7) is 0. The maximum absolute atomic E-state index is 3.74. The number of nitrogens with one attached hydrogen (secondary N) is 1.